The average Bonchev–Trinajstić information content (AvgIpc) is 2.98. The van der Waals surface area contributed by atoms with Crippen molar-refractivity contribution in [2.24, 2.45) is 5.73 Å². The Morgan fingerprint density at radius 3 is 3.05 bits per heavy atom. The van der Waals surface area contributed by atoms with Gasteiger partial charge < -0.3 is 19.9 Å². The average molecular weight is 313 g/mol. The number of hydrogen-bond acceptors (Lipinski definition) is 5. The highest BCUT2D eigenvalue weighted by Gasteiger charge is 2.30. The van der Waals surface area contributed by atoms with Crippen molar-refractivity contribution >= 4 is 11.6 Å². The summed E-state index contributed by atoms with van der Waals surface area (Å²) >= 11 is 6.30. The van der Waals surface area contributed by atoms with Gasteiger partial charge in [0.05, 0.1) is 18.2 Å². The van der Waals surface area contributed by atoms with Crippen LogP contribution in [0, 0.1) is 0 Å². The van der Waals surface area contributed by atoms with Crippen LogP contribution in [0.5, 0.6) is 11.5 Å². The molecule has 0 aliphatic carbocycles. The van der Waals surface area contributed by atoms with Crippen LogP contribution in [-0.2, 0) is 4.74 Å². The highest BCUT2D eigenvalue weighted by atomic mass is 35.5. The summed E-state index contributed by atoms with van der Waals surface area (Å²) in [5.74, 6) is 1.34. The van der Waals surface area contributed by atoms with Gasteiger partial charge in [-0.15, -0.1) is 0 Å². The van der Waals surface area contributed by atoms with Crippen LogP contribution in [0.3, 0.4) is 0 Å². The molecule has 5 nitrogen and oxygen atoms in total. The van der Waals surface area contributed by atoms with E-state index in [4.69, 9.17) is 31.5 Å². The Labute approximate surface area is 129 Å². The summed E-state index contributed by atoms with van der Waals surface area (Å²) < 4.78 is 16.4. The van der Waals surface area contributed by atoms with Crippen LogP contribution >= 0.6 is 11.6 Å². The summed E-state index contributed by atoms with van der Waals surface area (Å²) in [6.45, 7) is 5.31. The van der Waals surface area contributed by atoms with Crippen LogP contribution in [0.1, 0.15) is 24.9 Å². The van der Waals surface area contributed by atoms with Gasteiger partial charge in [0, 0.05) is 25.2 Å². The van der Waals surface area contributed by atoms with Crippen molar-refractivity contribution < 1.29 is 14.2 Å². The second-order valence-corrected chi connectivity index (χ2v) is 5.77. The monoisotopic (exact) mass is 312 g/mol. The summed E-state index contributed by atoms with van der Waals surface area (Å²) in [5.41, 5.74) is 7.13. The Balaban J connectivity index is 1.90. The quantitative estimate of drug-likeness (QED) is 0.923. The van der Waals surface area contributed by atoms with Crippen LogP contribution in [0.15, 0.2) is 12.1 Å². The predicted molar refractivity (Wildman–Crippen MR) is 81.0 cm³/mol. The molecule has 0 bridgehead atoms. The van der Waals surface area contributed by atoms with E-state index in [1.807, 2.05) is 12.1 Å². The van der Waals surface area contributed by atoms with Gasteiger partial charge in [-0.25, -0.2) is 0 Å². The minimum Gasteiger partial charge on any atom is -0.454 e. The molecule has 21 heavy (non-hydrogen) atoms. The van der Waals surface area contributed by atoms with Gasteiger partial charge in [0.15, 0.2) is 11.5 Å². The molecule has 0 aromatic heterocycles. The van der Waals surface area contributed by atoms with Crippen LogP contribution < -0.4 is 15.2 Å². The molecule has 3 rings (SSSR count). The second kappa shape index (κ2) is 6.40. The number of benzene rings is 1. The molecule has 2 aliphatic rings. The van der Waals surface area contributed by atoms with Crippen molar-refractivity contribution in [3.05, 3.63) is 22.7 Å². The lowest BCUT2D eigenvalue weighted by Crippen LogP contribution is -2.48. The molecule has 2 unspecified atom stereocenters. The van der Waals surface area contributed by atoms with E-state index in [-0.39, 0.29) is 12.8 Å². The van der Waals surface area contributed by atoms with E-state index < -0.39 is 0 Å². The minimum atomic E-state index is 0.117. The maximum absolute atomic E-state index is 6.30. The maximum Gasteiger partial charge on any atom is 0.231 e. The molecule has 116 valence electrons. The van der Waals surface area contributed by atoms with Gasteiger partial charge in [0.1, 0.15) is 0 Å². The van der Waals surface area contributed by atoms with Crippen molar-refractivity contribution in [1.82, 2.24) is 4.90 Å². The highest BCUT2D eigenvalue weighted by molar-refractivity contribution is 6.32. The third-order valence-corrected chi connectivity index (χ3v) is 4.48. The lowest BCUT2D eigenvalue weighted by Gasteiger charge is -2.40. The van der Waals surface area contributed by atoms with Gasteiger partial charge in [0.2, 0.25) is 6.79 Å². The number of ether oxygens (including phenoxy) is 3. The number of halogens is 1. The van der Waals surface area contributed by atoms with Gasteiger partial charge in [-0.05, 0) is 24.1 Å². The van der Waals surface area contributed by atoms with E-state index in [1.54, 1.807) is 0 Å². The molecular weight excluding hydrogens is 292 g/mol. The van der Waals surface area contributed by atoms with E-state index in [0.717, 1.165) is 31.7 Å². The number of hydrogen-bond donors (Lipinski definition) is 1. The van der Waals surface area contributed by atoms with Gasteiger partial charge >= 0.3 is 0 Å². The van der Waals surface area contributed by atoms with Crippen LogP contribution in [0.4, 0.5) is 0 Å². The van der Waals surface area contributed by atoms with Crippen molar-refractivity contribution in [3.8, 4) is 11.5 Å². The fourth-order valence-corrected chi connectivity index (χ4v) is 3.35. The molecule has 1 aromatic carbocycles. The molecule has 2 atom stereocenters. The third kappa shape index (κ3) is 2.83. The molecule has 1 saturated heterocycles. The number of morpholine rings is 1. The molecule has 2 heterocycles. The third-order valence-electron chi connectivity index (χ3n) is 4.20. The Morgan fingerprint density at radius 1 is 1.43 bits per heavy atom. The molecule has 1 fully saturated rings. The first-order valence-electron chi connectivity index (χ1n) is 7.37. The van der Waals surface area contributed by atoms with Gasteiger partial charge in [-0.3, -0.25) is 4.90 Å². The van der Waals surface area contributed by atoms with Crippen molar-refractivity contribution in [2.75, 3.05) is 33.1 Å². The van der Waals surface area contributed by atoms with E-state index in [0.29, 0.717) is 29.1 Å². The Kier molecular flexibility index (Phi) is 4.54. The molecule has 2 aliphatic heterocycles. The molecule has 0 spiro atoms. The first-order valence-corrected chi connectivity index (χ1v) is 7.75. The van der Waals surface area contributed by atoms with Gasteiger partial charge in [0.25, 0.3) is 0 Å². The summed E-state index contributed by atoms with van der Waals surface area (Å²) in [7, 11) is 0. The smallest absolute Gasteiger partial charge is 0.231 e. The number of fused-ring (bicyclic) bond motifs is 1. The zero-order chi connectivity index (χ0) is 14.8. The zero-order valence-corrected chi connectivity index (χ0v) is 12.9. The Morgan fingerprint density at radius 2 is 2.29 bits per heavy atom. The summed E-state index contributed by atoms with van der Waals surface area (Å²) in [4.78, 5) is 2.41. The normalized spacial score (nSPS) is 23.3. The Bertz CT molecular complexity index is 512. The summed E-state index contributed by atoms with van der Waals surface area (Å²) in [6.07, 6.45) is 1.04. The summed E-state index contributed by atoms with van der Waals surface area (Å²) in [5, 5.41) is 0.583. The van der Waals surface area contributed by atoms with Crippen LogP contribution in [0.2, 0.25) is 5.02 Å². The first kappa shape index (κ1) is 14.9. The molecule has 2 N–H and O–H groups in total. The van der Waals surface area contributed by atoms with Crippen LogP contribution in [0.25, 0.3) is 0 Å². The maximum atomic E-state index is 6.30. The fraction of sp³-hybridized carbons (Fsp3) is 0.600. The molecule has 0 amide bonds. The zero-order valence-electron chi connectivity index (χ0n) is 12.2. The lowest BCUT2D eigenvalue weighted by atomic mass is 10.0. The predicted octanol–water partition coefficient (Wildman–Crippen LogP) is 2.18. The molecule has 6 heteroatoms. The SMILES string of the molecule is CCC1COCCN1C(CN)c1cc(Cl)c2c(c1)OCO2. The Hall–Kier alpha value is -1.01. The minimum absolute atomic E-state index is 0.117. The lowest BCUT2D eigenvalue weighted by molar-refractivity contribution is -0.0291. The molecular formula is C15H21ClN2O3. The highest BCUT2D eigenvalue weighted by Crippen LogP contribution is 2.42. The summed E-state index contributed by atoms with van der Waals surface area (Å²) in [6, 6.07) is 4.44. The number of nitrogens with two attached hydrogens (primary N) is 1. The van der Waals surface area contributed by atoms with E-state index in [2.05, 4.69) is 11.8 Å². The van der Waals surface area contributed by atoms with Gasteiger partial charge in [-0.2, -0.15) is 0 Å². The largest absolute Gasteiger partial charge is 0.454 e. The van der Waals surface area contributed by atoms with E-state index in [1.165, 1.54) is 0 Å². The molecule has 0 saturated carbocycles. The number of nitrogens with zero attached hydrogens (tertiary/aromatic N) is 1. The molecule has 1 aromatic rings. The van der Waals surface area contributed by atoms with Crippen LogP contribution in [-0.4, -0.2) is 44.0 Å². The van der Waals surface area contributed by atoms with E-state index >= 15 is 0 Å². The fourth-order valence-electron chi connectivity index (χ4n) is 3.07. The standard InChI is InChI=1S/C15H21ClN2O3/c1-2-11-8-19-4-3-18(11)13(7-17)10-5-12(16)15-14(6-10)20-9-21-15/h5-6,11,13H,2-4,7-9,17H2,1H3. The van der Waals surface area contributed by atoms with Gasteiger partial charge in [-0.1, -0.05) is 18.5 Å². The van der Waals surface area contributed by atoms with Crippen molar-refractivity contribution in [3.63, 3.8) is 0 Å². The second-order valence-electron chi connectivity index (χ2n) is 5.36. The first-order chi connectivity index (χ1) is 10.2. The van der Waals surface area contributed by atoms with E-state index in [9.17, 15) is 0 Å². The number of rotatable bonds is 4. The topological polar surface area (TPSA) is 57.0 Å². The van der Waals surface area contributed by atoms with Crippen molar-refractivity contribution in [1.29, 1.82) is 0 Å². The molecule has 0 radical (unpaired) electrons. The van der Waals surface area contributed by atoms with Crippen molar-refractivity contribution in [2.45, 2.75) is 25.4 Å².